The van der Waals surface area contributed by atoms with Crippen LogP contribution in [0.5, 0.6) is 0 Å². The first kappa shape index (κ1) is 15.2. The van der Waals surface area contributed by atoms with Crippen molar-refractivity contribution in [3.63, 3.8) is 0 Å². The van der Waals surface area contributed by atoms with Gasteiger partial charge in [0.05, 0.1) is 11.3 Å². The fourth-order valence-corrected chi connectivity index (χ4v) is 1.77. The standard InChI is InChI=1S/C14H13F4N3/c1-2-5-19-13-7-12(20-8-21-13)9-3-4-10(11(15)6-9)14(16,17)18/h3-4,6-8H,2,5H2,1H3,(H,19,20,21). The van der Waals surface area contributed by atoms with Gasteiger partial charge in [0.2, 0.25) is 0 Å². The summed E-state index contributed by atoms with van der Waals surface area (Å²) in [6.07, 6.45) is -2.53. The molecule has 21 heavy (non-hydrogen) atoms. The van der Waals surface area contributed by atoms with Crippen molar-refractivity contribution in [2.45, 2.75) is 19.5 Å². The van der Waals surface area contributed by atoms with Crippen LogP contribution in [0.2, 0.25) is 0 Å². The fraction of sp³-hybridized carbons (Fsp3) is 0.286. The Labute approximate surface area is 119 Å². The highest BCUT2D eigenvalue weighted by molar-refractivity contribution is 5.62. The number of halogens is 4. The lowest BCUT2D eigenvalue weighted by Crippen LogP contribution is -2.08. The van der Waals surface area contributed by atoms with Gasteiger partial charge in [-0.25, -0.2) is 14.4 Å². The lowest BCUT2D eigenvalue weighted by Gasteiger charge is -2.10. The highest BCUT2D eigenvalue weighted by Gasteiger charge is 2.33. The zero-order valence-corrected chi connectivity index (χ0v) is 11.2. The Bertz CT molecular complexity index is 626. The molecule has 0 radical (unpaired) electrons. The van der Waals surface area contributed by atoms with E-state index in [4.69, 9.17) is 0 Å². The van der Waals surface area contributed by atoms with E-state index in [1.165, 1.54) is 12.4 Å². The van der Waals surface area contributed by atoms with E-state index in [1.807, 2.05) is 6.92 Å². The number of aromatic nitrogens is 2. The maximum Gasteiger partial charge on any atom is 0.419 e. The van der Waals surface area contributed by atoms with Crippen molar-refractivity contribution in [2.24, 2.45) is 0 Å². The van der Waals surface area contributed by atoms with Crippen molar-refractivity contribution in [2.75, 3.05) is 11.9 Å². The van der Waals surface area contributed by atoms with Gasteiger partial charge in [-0.3, -0.25) is 0 Å². The third kappa shape index (κ3) is 3.68. The van der Waals surface area contributed by atoms with Crippen molar-refractivity contribution in [3.05, 3.63) is 42.0 Å². The average molecular weight is 299 g/mol. The molecule has 1 heterocycles. The largest absolute Gasteiger partial charge is 0.419 e. The first-order chi connectivity index (χ1) is 9.91. The summed E-state index contributed by atoms with van der Waals surface area (Å²) in [6, 6.07) is 4.30. The smallest absolute Gasteiger partial charge is 0.370 e. The van der Waals surface area contributed by atoms with Crippen LogP contribution in [-0.2, 0) is 6.18 Å². The molecule has 2 rings (SSSR count). The normalized spacial score (nSPS) is 11.5. The van der Waals surface area contributed by atoms with Gasteiger partial charge in [-0.15, -0.1) is 0 Å². The fourth-order valence-electron chi connectivity index (χ4n) is 1.77. The summed E-state index contributed by atoms with van der Waals surface area (Å²) in [5.41, 5.74) is -0.664. The van der Waals surface area contributed by atoms with Crippen LogP contribution >= 0.6 is 0 Å². The third-order valence-corrected chi connectivity index (χ3v) is 2.79. The lowest BCUT2D eigenvalue weighted by atomic mass is 10.1. The monoisotopic (exact) mass is 299 g/mol. The number of hydrogen-bond acceptors (Lipinski definition) is 3. The number of nitrogens with zero attached hydrogens (tertiary/aromatic N) is 2. The van der Waals surface area contributed by atoms with Gasteiger partial charge in [0, 0.05) is 18.2 Å². The van der Waals surface area contributed by atoms with E-state index in [0.29, 0.717) is 24.1 Å². The number of benzene rings is 1. The molecule has 0 bridgehead atoms. The Morgan fingerprint density at radius 3 is 2.52 bits per heavy atom. The summed E-state index contributed by atoms with van der Waals surface area (Å²) in [4.78, 5) is 7.94. The molecular weight excluding hydrogens is 286 g/mol. The molecule has 0 saturated carbocycles. The van der Waals surface area contributed by atoms with E-state index < -0.39 is 17.6 Å². The van der Waals surface area contributed by atoms with Gasteiger partial charge in [-0.05, 0) is 18.6 Å². The molecule has 0 aliphatic rings. The van der Waals surface area contributed by atoms with Gasteiger partial charge < -0.3 is 5.32 Å². The second-order valence-electron chi connectivity index (χ2n) is 4.41. The molecule has 0 atom stereocenters. The molecule has 0 spiro atoms. The van der Waals surface area contributed by atoms with Crippen LogP contribution in [0.1, 0.15) is 18.9 Å². The van der Waals surface area contributed by atoms with Crippen molar-refractivity contribution in [3.8, 4) is 11.3 Å². The van der Waals surface area contributed by atoms with Gasteiger partial charge in [0.25, 0.3) is 0 Å². The molecule has 0 fully saturated rings. The molecule has 0 aliphatic heterocycles. The van der Waals surface area contributed by atoms with Gasteiger partial charge >= 0.3 is 6.18 Å². The minimum absolute atomic E-state index is 0.266. The molecule has 1 aromatic heterocycles. The van der Waals surface area contributed by atoms with Crippen LogP contribution in [0.25, 0.3) is 11.3 Å². The van der Waals surface area contributed by atoms with Gasteiger partial charge in [0.15, 0.2) is 0 Å². The highest BCUT2D eigenvalue weighted by atomic mass is 19.4. The van der Waals surface area contributed by atoms with Crippen molar-refractivity contribution < 1.29 is 17.6 Å². The van der Waals surface area contributed by atoms with E-state index in [2.05, 4.69) is 15.3 Å². The Morgan fingerprint density at radius 2 is 1.90 bits per heavy atom. The zero-order valence-electron chi connectivity index (χ0n) is 11.2. The number of hydrogen-bond donors (Lipinski definition) is 1. The molecule has 112 valence electrons. The van der Waals surface area contributed by atoms with Crippen molar-refractivity contribution in [1.29, 1.82) is 0 Å². The van der Waals surface area contributed by atoms with Crippen LogP contribution in [-0.4, -0.2) is 16.5 Å². The molecule has 2 aromatic rings. The molecule has 1 aromatic carbocycles. The Hall–Kier alpha value is -2.18. The molecule has 3 nitrogen and oxygen atoms in total. The number of rotatable bonds is 4. The molecule has 0 saturated heterocycles. The number of alkyl halides is 3. The molecule has 1 N–H and O–H groups in total. The number of anilines is 1. The van der Waals surface area contributed by atoms with E-state index in [9.17, 15) is 17.6 Å². The first-order valence-corrected chi connectivity index (χ1v) is 6.35. The predicted octanol–water partition coefficient (Wildman–Crippen LogP) is 4.12. The maximum absolute atomic E-state index is 13.6. The van der Waals surface area contributed by atoms with Crippen molar-refractivity contribution in [1.82, 2.24) is 9.97 Å². The number of nitrogens with one attached hydrogen (secondary N) is 1. The Balaban J connectivity index is 2.32. The maximum atomic E-state index is 13.6. The van der Waals surface area contributed by atoms with E-state index in [0.717, 1.165) is 12.5 Å². The second-order valence-corrected chi connectivity index (χ2v) is 4.41. The van der Waals surface area contributed by atoms with Crippen LogP contribution in [0.3, 0.4) is 0 Å². The SMILES string of the molecule is CCCNc1cc(-c2ccc(C(F)(F)F)c(F)c2)ncn1. The summed E-state index contributed by atoms with van der Waals surface area (Å²) in [7, 11) is 0. The van der Waals surface area contributed by atoms with E-state index in [-0.39, 0.29) is 5.56 Å². The second kappa shape index (κ2) is 6.07. The van der Waals surface area contributed by atoms with Crippen molar-refractivity contribution >= 4 is 5.82 Å². The highest BCUT2D eigenvalue weighted by Crippen LogP contribution is 2.33. The van der Waals surface area contributed by atoms with Gasteiger partial charge in [0.1, 0.15) is 18.0 Å². The summed E-state index contributed by atoms with van der Waals surface area (Å²) in [5, 5.41) is 3.03. The van der Waals surface area contributed by atoms with Crippen LogP contribution in [0.15, 0.2) is 30.6 Å². The van der Waals surface area contributed by atoms with Gasteiger partial charge in [-0.1, -0.05) is 13.0 Å². The summed E-state index contributed by atoms with van der Waals surface area (Å²) in [6.45, 7) is 2.69. The molecule has 0 aliphatic carbocycles. The minimum atomic E-state index is -4.71. The van der Waals surface area contributed by atoms with Crippen LogP contribution in [0, 0.1) is 5.82 Å². The first-order valence-electron chi connectivity index (χ1n) is 6.35. The summed E-state index contributed by atoms with van der Waals surface area (Å²) < 4.78 is 51.1. The van der Waals surface area contributed by atoms with E-state index in [1.54, 1.807) is 6.07 Å². The predicted molar refractivity (Wildman–Crippen MR) is 71.2 cm³/mol. The molecular formula is C14H13F4N3. The van der Waals surface area contributed by atoms with Crippen LogP contribution in [0.4, 0.5) is 23.4 Å². The molecule has 0 amide bonds. The minimum Gasteiger partial charge on any atom is -0.370 e. The molecule has 7 heteroatoms. The van der Waals surface area contributed by atoms with Crippen LogP contribution < -0.4 is 5.32 Å². The summed E-state index contributed by atoms with van der Waals surface area (Å²) >= 11 is 0. The average Bonchev–Trinajstić information content (AvgIpc) is 2.44. The summed E-state index contributed by atoms with van der Waals surface area (Å²) in [5.74, 6) is -0.774. The quantitative estimate of drug-likeness (QED) is 0.863. The Kier molecular flexibility index (Phi) is 4.40. The van der Waals surface area contributed by atoms with Gasteiger partial charge in [-0.2, -0.15) is 13.2 Å². The topological polar surface area (TPSA) is 37.8 Å². The Morgan fingerprint density at radius 1 is 1.14 bits per heavy atom. The zero-order chi connectivity index (χ0) is 15.5. The molecule has 0 unspecified atom stereocenters. The van der Waals surface area contributed by atoms with E-state index >= 15 is 0 Å². The third-order valence-electron chi connectivity index (χ3n) is 2.79. The lowest BCUT2D eigenvalue weighted by molar-refractivity contribution is -0.139.